The molecule has 3 amide bonds. The van der Waals surface area contributed by atoms with Gasteiger partial charge in [0, 0.05) is 63.5 Å². The Morgan fingerprint density at radius 1 is 0.878 bits per heavy atom. The number of rotatable bonds is 22. The molecular formula is C53H69ClN10O8S2. The molecule has 4 heterocycles. The molecule has 2 fully saturated rings. The van der Waals surface area contributed by atoms with E-state index in [1.807, 2.05) is 88.7 Å². The molecule has 4 atom stereocenters. The zero-order chi connectivity index (χ0) is 53.2. The van der Waals surface area contributed by atoms with Crippen LogP contribution in [0.15, 0.2) is 89.4 Å². The first-order chi connectivity index (χ1) is 35.3. The van der Waals surface area contributed by atoms with Crippen molar-refractivity contribution in [2.24, 2.45) is 5.41 Å². The average molecular weight is 1070 g/mol. The van der Waals surface area contributed by atoms with Crippen LogP contribution in [0.2, 0.25) is 5.02 Å². The Kier molecular flexibility index (Phi) is 19.1. The smallest absolute Gasteiger partial charge is 0.246 e. The highest BCUT2D eigenvalue weighted by Gasteiger charge is 2.44. The number of hydrogen-bond acceptors (Lipinski definition) is 16. The van der Waals surface area contributed by atoms with E-state index in [9.17, 15) is 27.9 Å². The van der Waals surface area contributed by atoms with Crippen LogP contribution in [0.1, 0.15) is 71.7 Å². The van der Waals surface area contributed by atoms with Crippen molar-refractivity contribution in [1.29, 1.82) is 0 Å². The number of piperazine rings is 1. The zero-order valence-corrected chi connectivity index (χ0v) is 45.5. The number of β-amino-alcohol motifs (C(OH)–C–C–N with tert-alkyl or cyclic N) is 1. The molecule has 74 heavy (non-hydrogen) atoms. The molecule has 5 N–H and O–H groups in total. The quantitative estimate of drug-likeness (QED) is 0.0435. The maximum Gasteiger partial charge on any atom is 0.246 e. The average Bonchev–Trinajstić information content (AvgIpc) is 4.00. The van der Waals surface area contributed by atoms with Gasteiger partial charge < -0.3 is 45.6 Å². The first-order valence-electron chi connectivity index (χ1n) is 25.0. The van der Waals surface area contributed by atoms with Gasteiger partial charge in [0.1, 0.15) is 17.1 Å². The molecule has 2 aromatic heterocycles. The van der Waals surface area contributed by atoms with Crippen LogP contribution in [0.4, 0.5) is 28.8 Å². The van der Waals surface area contributed by atoms with Crippen LogP contribution in [0, 0.1) is 12.3 Å². The molecule has 21 heteroatoms. The summed E-state index contributed by atoms with van der Waals surface area (Å²) in [5, 5.41) is 22.5. The van der Waals surface area contributed by atoms with Gasteiger partial charge in [0.25, 0.3) is 0 Å². The molecule has 2 saturated heterocycles. The maximum atomic E-state index is 14.1. The number of amides is 3. The highest BCUT2D eigenvalue weighted by Crippen LogP contribution is 2.33. The van der Waals surface area contributed by atoms with Crippen LogP contribution in [0.5, 0.6) is 0 Å². The second-order valence-corrected chi connectivity index (χ2v) is 23.7. The number of para-hydroxylation sites is 1. The van der Waals surface area contributed by atoms with Gasteiger partial charge in [0.05, 0.1) is 76.7 Å². The predicted molar refractivity (Wildman–Crippen MR) is 290 cm³/mol. The van der Waals surface area contributed by atoms with E-state index < -0.39 is 44.6 Å². The molecule has 398 valence electrons. The molecule has 7 rings (SSSR count). The third-order valence-corrected chi connectivity index (χ3v) is 16.6. The number of thiazole rings is 1. The number of hydrogen-bond donors (Lipinski definition) is 5. The van der Waals surface area contributed by atoms with Crippen LogP contribution in [-0.2, 0) is 33.7 Å². The van der Waals surface area contributed by atoms with Crippen LogP contribution in [0.25, 0.3) is 10.4 Å². The molecule has 0 radical (unpaired) electrons. The van der Waals surface area contributed by atoms with Gasteiger partial charge in [-0.25, -0.2) is 18.4 Å². The molecule has 2 aliphatic rings. The topological polar surface area (TPSA) is 221 Å². The summed E-state index contributed by atoms with van der Waals surface area (Å²) in [6.07, 6.45) is 0.727. The van der Waals surface area contributed by atoms with Gasteiger partial charge in [-0.15, -0.1) is 11.3 Å². The number of aliphatic hydroxyl groups excluding tert-OH is 1. The van der Waals surface area contributed by atoms with Gasteiger partial charge in [-0.3, -0.25) is 19.3 Å². The van der Waals surface area contributed by atoms with Gasteiger partial charge in [0.15, 0.2) is 15.7 Å². The molecule has 3 aromatic carbocycles. The summed E-state index contributed by atoms with van der Waals surface area (Å²) < 4.78 is 37.5. The number of aryl methyl sites for hydroxylation is 1. The molecule has 4 unspecified atom stereocenters. The molecule has 0 aliphatic carbocycles. The predicted octanol–water partition coefficient (Wildman–Crippen LogP) is 7.15. The summed E-state index contributed by atoms with van der Waals surface area (Å²) in [7, 11) is -3.56. The van der Waals surface area contributed by atoms with Crippen LogP contribution in [0.3, 0.4) is 0 Å². The number of nitrogens with one attached hydrogen (secondary N) is 4. The number of aromatic nitrogens is 3. The Balaban J connectivity index is 0.779. The minimum Gasteiger partial charge on any atom is -0.391 e. The lowest BCUT2D eigenvalue weighted by Gasteiger charge is -2.36. The van der Waals surface area contributed by atoms with E-state index in [4.69, 9.17) is 21.1 Å². The maximum absolute atomic E-state index is 14.1. The fourth-order valence-electron chi connectivity index (χ4n) is 8.76. The molecule has 0 spiro atoms. The lowest BCUT2D eigenvalue weighted by molar-refractivity contribution is -0.144. The summed E-state index contributed by atoms with van der Waals surface area (Å²) in [6.45, 7) is 18.3. The fraction of sp³-hybridized carbons (Fsp3) is 0.472. The third kappa shape index (κ3) is 14.6. The third-order valence-electron chi connectivity index (χ3n) is 13.1. The second kappa shape index (κ2) is 25.2. The lowest BCUT2D eigenvalue weighted by atomic mass is 9.85. The highest BCUT2D eigenvalue weighted by molar-refractivity contribution is 7.92. The number of carbonyl (C=O) groups is 3. The Morgan fingerprint density at radius 2 is 1.57 bits per heavy atom. The summed E-state index contributed by atoms with van der Waals surface area (Å²) in [6, 6.07) is 20.4. The Morgan fingerprint density at radius 3 is 2.23 bits per heavy atom. The number of anilines is 5. The van der Waals surface area contributed by atoms with Gasteiger partial charge >= 0.3 is 0 Å². The normalized spacial score (nSPS) is 17.3. The molecule has 0 saturated carbocycles. The van der Waals surface area contributed by atoms with Gasteiger partial charge in [-0.2, -0.15) is 4.98 Å². The second-order valence-electron chi connectivity index (χ2n) is 20.0. The van der Waals surface area contributed by atoms with Crippen molar-refractivity contribution in [2.45, 2.75) is 95.7 Å². The largest absolute Gasteiger partial charge is 0.391 e. The van der Waals surface area contributed by atoms with E-state index in [0.29, 0.717) is 31.5 Å². The lowest BCUT2D eigenvalue weighted by Crippen LogP contribution is -2.58. The minimum absolute atomic E-state index is 0.00893. The standard InChI is InChI=1S/C53H69ClN10O8S2/c1-34(2)74(69,70)45-11-9-8-10-43(45)59-49-42(54)31-55-52(61-49)58-39-16-18-40(19-17-39)63-23-21-62(22-24-63)25-27-72-29-28-71-26-20-46(66)60-48(53(5,6)7)51(68)64-32-41(65)30-44(64)50(67)57-35(3)37-12-14-38(15-13-37)47-36(4)56-33-73-47/h8-19,31,33-35,41,44,48,65H,20-30,32H2,1-7H3,(H,57,67)(H,60,66)(H2,55,58,59,61). The fourth-order valence-corrected chi connectivity index (χ4v) is 10.9. The van der Waals surface area contributed by atoms with Crippen LogP contribution in [-0.4, -0.2) is 145 Å². The summed E-state index contributed by atoms with van der Waals surface area (Å²) in [5.74, 6) is -0.562. The first-order valence-corrected chi connectivity index (χ1v) is 27.8. The molecular weight excluding hydrogens is 1000 g/mol. The number of carbonyl (C=O) groups excluding carboxylic acids is 3. The molecule has 5 aromatic rings. The number of halogens is 1. The number of benzene rings is 3. The van der Waals surface area contributed by atoms with E-state index >= 15 is 0 Å². The van der Waals surface area contributed by atoms with Crippen molar-refractivity contribution in [3.63, 3.8) is 0 Å². The monoisotopic (exact) mass is 1070 g/mol. The van der Waals surface area contributed by atoms with E-state index in [2.05, 4.69) is 46.0 Å². The zero-order valence-electron chi connectivity index (χ0n) is 43.1. The van der Waals surface area contributed by atoms with Gasteiger partial charge in [-0.1, -0.05) is 68.8 Å². The Bertz CT molecular complexity index is 2800. The number of ether oxygens (including phenoxy) is 2. The summed E-state index contributed by atoms with van der Waals surface area (Å²) >= 11 is 8.00. The van der Waals surface area contributed by atoms with E-state index in [0.717, 1.165) is 65.8 Å². The van der Waals surface area contributed by atoms with E-state index in [1.54, 1.807) is 49.4 Å². The minimum atomic E-state index is -3.56. The first kappa shape index (κ1) is 56.0. The summed E-state index contributed by atoms with van der Waals surface area (Å²) in [5.41, 5.74) is 6.29. The highest BCUT2D eigenvalue weighted by atomic mass is 35.5. The van der Waals surface area contributed by atoms with Crippen molar-refractivity contribution >= 4 is 79.3 Å². The van der Waals surface area contributed by atoms with Crippen molar-refractivity contribution in [3.8, 4) is 10.4 Å². The van der Waals surface area contributed by atoms with Gasteiger partial charge in [0.2, 0.25) is 23.7 Å². The molecule has 0 bridgehead atoms. The van der Waals surface area contributed by atoms with E-state index in [1.165, 1.54) is 11.1 Å². The number of likely N-dealkylation sites (tertiary alicyclic amines) is 1. The molecule has 2 aliphatic heterocycles. The Hall–Kier alpha value is -5.74. The van der Waals surface area contributed by atoms with Crippen molar-refractivity contribution in [1.82, 2.24) is 35.4 Å². The SMILES string of the molecule is Cc1ncsc1-c1ccc(C(C)NC(=O)C2CC(O)CN2C(=O)C(NC(=O)CCOCCOCCN2CCN(c3ccc(Nc4ncc(Cl)c(Nc5ccccc5S(=O)(=O)C(C)C)n4)cc3)CC2)C(C)(C)C)cc1. The van der Waals surface area contributed by atoms with E-state index in [-0.39, 0.29) is 59.6 Å². The number of aliphatic hydroxyl groups is 1. The van der Waals surface area contributed by atoms with Crippen LogP contribution < -0.4 is 26.2 Å². The van der Waals surface area contributed by atoms with Crippen molar-refractivity contribution < 1.29 is 37.4 Å². The van der Waals surface area contributed by atoms with Crippen molar-refractivity contribution in [2.75, 3.05) is 81.2 Å². The van der Waals surface area contributed by atoms with Crippen LogP contribution >= 0.6 is 22.9 Å². The number of sulfone groups is 1. The number of nitrogens with zero attached hydrogens (tertiary/aromatic N) is 6. The Labute approximate surface area is 443 Å². The molecule has 18 nitrogen and oxygen atoms in total. The van der Waals surface area contributed by atoms with Crippen molar-refractivity contribution in [3.05, 3.63) is 101 Å². The summed E-state index contributed by atoms with van der Waals surface area (Å²) in [4.78, 5) is 61.4. The van der Waals surface area contributed by atoms with Gasteiger partial charge in [-0.05, 0) is 80.6 Å².